The summed E-state index contributed by atoms with van der Waals surface area (Å²) in [6, 6.07) is 0. The molecule has 0 fully saturated rings. The van der Waals surface area contributed by atoms with Crippen molar-refractivity contribution in [2.45, 2.75) is 19.1 Å². The van der Waals surface area contributed by atoms with Crippen LogP contribution in [0.5, 0.6) is 0 Å². The van der Waals surface area contributed by atoms with Gasteiger partial charge in [-0.3, -0.25) is 9.48 Å². The molecule has 0 saturated heterocycles. The monoisotopic (exact) mass is 289 g/mol. The second-order valence-electron chi connectivity index (χ2n) is 4.38. The molecule has 6 nitrogen and oxygen atoms in total. The van der Waals surface area contributed by atoms with Gasteiger partial charge in [0.1, 0.15) is 0 Å². The van der Waals surface area contributed by atoms with E-state index in [2.05, 4.69) is 10.3 Å². The molecule has 1 aromatic heterocycles. The zero-order valence-corrected chi connectivity index (χ0v) is 10.6. The van der Waals surface area contributed by atoms with Gasteiger partial charge in [0.2, 0.25) is 0 Å². The molecule has 0 atom stereocenters. The van der Waals surface area contributed by atoms with Gasteiger partial charge < -0.3 is 10.6 Å². The summed E-state index contributed by atoms with van der Waals surface area (Å²) in [5, 5.41) is 7.42. The Kier molecular flexibility index (Phi) is 4.07. The number of carbonyl (C=O) groups excluding carboxylic acids is 1. The number of hydrogen-bond donors (Lipinski definition) is 1. The van der Waals surface area contributed by atoms with Gasteiger partial charge in [-0.25, -0.2) is 0 Å². The van der Waals surface area contributed by atoms with Gasteiger partial charge in [-0.05, 0) is 6.42 Å². The molecule has 110 valence electrons. The van der Waals surface area contributed by atoms with Crippen molar-refractivity contribution in [2.75, 3.05) is 19.6 Å². The highest BCUT2D eigenvalue weighted by atomic mass is 19.4. The average molecular weight is 289 g/mol. The third kappa shape index (κ3) is 3.16. The maximum absolute atomic E-state index is 12.5. The second kappa shape index (κ2) is 5.61. The van der Waals surface area contributed by atoms with Crippen molar-refractivity contribution in [1.82, 2.24) is 19.9 Å². The highest BCUT2D eigenvalue weighted by molar-refractivity contribution is 5.92. The number of hydrogen-bond acceptors (Lipinski definition) is 4. The van der Waals surface area contributed by atoms with Crippen molar-refractivity contribution in [3.63, 3.8) is 0 Å². The van der Waals surface area contributed by atoms with E-state index < -0.39 is 17.7 Å². The Labute approximate surface area is 113 Å². The first-order valence-corrected chi connectivity index (χ1v) is 6.07. The van der Waals surface area contributed by atoms with Crippen molar-refractivity contribution >= 4 is 5.91 Å². The maximum atomic E-state index is 12.5. The Morgan fingerprint density at radius 1 is 1.45 bits per heavy atom. The fraction of sp³-hybridized carbons (Fsp3) is 0.545. The number of alkyl halides is 3. The molecule has 0 radical (unpaired) electrons. The molecule has 1 aliphatic rings. The summed E-state index contributed by atoms with van der Waals surface area (Å²) in [5.41, 5.74) is 4.87. The van der Waals surface area contributed by atoms with E-state index in [1.54, 1.807) is 0 Å². The summed E-state index contributed by atoms with van der Waals surface area (Å²) in [7, 11) is 0. The molecule has 0 aromatic carbocycles. The van der Waals surface area contributed by atoms with Crippen LogP contribution in [0.2, 0.25) is 0 Å². The van der Waals surface area contributed by atoms with Crippen LogP contribution in [0, 0.1) is 0 Å². The molecule has 0 bridgehead atoms. The predicted molar refractivity (Wildman–Crippen MR) is 63.7 cm³/mol. The Morgan fingerprint density at radius 3 is 2.75 bits per heavy atom. The Bertz CT molecular complexity index is 522. The molecule has 1 amide bonds. The molecule has 2 heterocycles. The van der Waals surface area contributed by atoms with Crippen molar-refractivity contribution in [3.05, 3.63) is 23.5 Å². The first kappa shape index (κ1) is 14.5. The minimum absolute atomic E-state index is 0.0218. The normalized spacial score (nSPS) is 16.2. The van der Waals surface area contributed by atoms with Gasteiger partial charge >= 0.3 is 6.18 Å². The number of carbonyl (C=O) groups is 1. The van der Waals surface area contributed by atoms with Crippen LogP contribution in [0.4, 0.5) is 13.2 Å². The van der Waals surface area contributed by atoms with Crippen LogP contribution in [0.25, 0.3) is 0 Å². The number of rotatable bonds is 3. The molecule has 0 aliphatic carbocycles. The van der Waals surface area contributed by atoms with Gasteiger partial charge in [0.05, 0.1) is 12.7 Å². The smallest absolute Gasteiger partial charge is 0.333 e. The number of nitrogens with two attached hydrogens (primary N) is 1. The van der Waals surface area contributed by atoms with Crippen molar-refractivity contribution in [1.29, 1.82) is 0 Å². The summed E-state index contributed by atoms with van der Waals surface area (Å²) in [4.78, 5) is 13.4. The van der Waals surface area contributed by atoms with Crippen LogP contribution in [0.15, 0.2) is 17.8 Å². The summed E-state index contributed by atoms with van der Waals surface area (Å²) >= 11 is 0. The van der Waals surface area contributed by atoms with Crippen LogP contribution in [0.1, 0.15) is 16.9 Å². The molecule has 9 heteroatoms. The molecule has 1 aromatic rings. The van der Waals surface area contributed by atoms with E-state index in [1.165, 1.54) is 15.8 Å². The lowest BCUT2D eigenvalue weighted by Gasteiger charge is -2.26. The zero-order valence-electron chi connectivity index (χ0n) is 10.6. The molecule has 20 heavy (non-hydrogen) atoms. The van der Waals surface area contributed by atoms with Gasteiger partial charge in [0, 0.05) is 25.2 Å². The topological polar surface area (TPSA) is 77.0 Å². The molecule has 0 unspecified atom stereocenters. The van der Waals surface area contributed by atoms with Gasteiger partial charge in [0.15, 0.2) is 5.69 Å². The van der Waals surface area contributed by atoms with Crippen molar-refractivity contribution in [3.8, 4) is 0 Å². The van der Waals surface area contributed by atoms with E-state index in [0.29, 0.717) is 13.1 Å². The minimum Gasteiger partial charge on any atom is -0.333 e. The summed E-state index contributed by atoms with van der Waals surface area (Å²) < 4.78 is 38.8. The summed E-state index contributed by atoms with van der Waals surface area (Å²) in [5.74, 6) is -0.425. The van der Waals surface area contributed by atoms with Crippen molar-refractivity contribution in [2.24, 2.45) is 5.73 Å². The first-order valence-electron chi connectivity index (χ1n) is 6.07. The maximum Gasteiger partial charge on any atom is 0.412 e. The van der Waals surface area contributed by atoms with Crippen LogP contribution in [-0.2, 0) is 6.54 Å². The van der Waals surface area contributed by atoms with E-state index in [4.69, 9.17) is 5.73 Å². The number of halogens is 3. The summed E-state index contributed by atoms with van der Waals surface area (Å²) in [6.07, 6.45) is -2.05. The Balaban J connectivity index is 2.02. The standard InChI is InChI=1S/C11H14F3N5O/c12-11(13,14)8-1-4-18(5-2-8)10(20)9-7-19(6-3-15)17-16-9/h1,7H,2-6,15H2. The predicted octanol–water partition coefficient (Wildman–Crippen LogP) is 0.571. The SMILES string of the molecule is NCCn1cc(C(=O)N2CC=C(C(F)(F)F)CC2)nn1. The highest BCUT2D eigenvalue weighted by Crippen LogP contribution is 2.30. The van der Waals surface area contributed by atoms with Gasteiger partial charge in [-0.15, -0.1) is 5.10 Å². The molecule has 2 rings (SSSR count). The van der Waals surface area contributed by atoms with Crippen LogP contribution >= 0.6 is 0 Å². The molecule has 1 aliphatic heterocycles. The van der Waals surface area contributed by atoms with E-state index in [-0.39, 0.29) is 25.2 Å². The lowest BCUT2D eigenvalue weighted by molar-refractivity contribution is -0.0957. The van der Waals surface area contributed by atoms with Crippen molar-refractivity contribution < 1.29 is 18.0 Å². The van der Waals surface area contributed by atoms with Gasteiger partial charge in [-0.2, -0.15) is 13.2 Å². The molecular formula is C11H14F3N5O. The minimum atomic E-state index is -4.32. The quantitative estimate of drug-likeness (QED) is 0.825. The average Bonchev–Trinajstić information content (AvgIpc) is 2.86. The number of amides is 1. The number of nitrogens with zero attached hydrogens (tertiary/aromatic N) is 4. The largest absolute Gasteiger partial charge is 0.412 e. The fourth-order valence-electron chi connectivity index (χ4n) is 1.91. The molecule has 0 spiro atoms. The second-order valence-corrected chi connectivity index (χ2v) is 4.38. The highest BCUT2D eigenvalue weighted by Gasteiger charge is 2.35. The third-order valence-electron chi connectivity index (χ3n) is 2.98. The van der Waals surface area contributed by atoms with Gasteiger partial charge in [-0.1, -0.05) is 11.3 Å². The molecule has 2 N–H and O–H groups in total. The zero-order chi connectivity index (χ0) is 14.8. The Morgan fingerprint density at radius 2 is 2.20 bits per heavy atom. The van der Waals surface area contributed by atoms with E-state index in [9.17, 15) is 18.0 Å². The van der Waals surface area contributed by atoms with E-state index in [0.717, 1.165) is 6.08 Å². The fourth-order valence-corrected chi connectivity index (χ4v) is 1.91. The van der Waals surface area contributed by atoms with Crippen LogP contribution in [0.3, 0.4) is 0 Å². The third-order valence-corrected chi connectivity index (χ3v) is 2.98. The lowest BCUT2D eigenvalue weighted by atomic mass is 10.1. The Hall–Kier alpha value is -1.90. The number of aromatic nitrogens is 3. The molecular weight excluding hydrogens is 275 g/mol. The molecule has 0 saturated carbocycles. The van der Waals surface area contributed by atoms with Crippen LogP contribution in [-0.4, -0.2) is 51.6 Å². The van der Waals surface area contributed by atoms with Gasteiger partial charge in [0.25, 0.3) is 5.91 Å². The first-order chi connectivity index (χ1) is 9.41. The van der Waals surface area contributed by atoms with E-state index >= 15 is 0 Å². The van der Waals surface area contributed by atoms with E-state index in [1.807, 2.05) is 0 Å². The lowest BCUT2D eigenvalue weighted by Crippen LogP contribution is -2.37. The summed E-state index contributed by atoms with van der Waals surface area (Å²) in [6.45, 7) is 0.738. The van der Waals surface area contributed by atoms with Crippen LogP contribution < -0.4 is 5.73 Å².